The van der Waals surface area contributed by atoms with E-state index in [9.17, 15) is 29.1 Å². The molecule has 348 valence electrons. The number of likely N-dealkylation sites (N-methyl/N-ethyl adjacent to an activating group) is 1. The zero-order chi connectivity index (χ0) is 47.4. The molecular weight excluding hydrogens is 839 g/mol. The van der Waals surface area contributed by atoms with E-state index in [4.69, 9.17) is 9.47 Å². The van der Waals surface area contributed by atoms with E-state index in [1.807, 2.05) is 38.2 Å². The summed E-state index contributed by atoms with van der Waals surface area (Å²) < 4.78 is 16.1. The second-order valence-electron chi connectivity index (χ2n) is 19.3. The standard InChI is InChI=1S/C51H61N7O8/c1-10-41(60)56-20-17-32(27-56)47(61)55(8)44(29(3)4)49(63)54(7)40-23-30-21-33(24-34(59)22-30)31-14-15-39-36(25-31)42-43(46(65-9)35-16-18-52-26-37(35)45(42)57(39)11-2)51(5,6)28-66-50(64)38-13-12-19-58(53-38)48(40)62/h10,14-16,18,21-22,24-26,29,32,38,40,43-44,46,53H,1,7,11-13,17,19-20,23,27-28H2,2-6,8-9H3/p+1/t32-,38-,40-,43?,44-,46+/m0/s1. The first-order valence-electron chi connectivity index (χ1n) is 23.0. The Bertz CT molecular complexity index is 2630. The number of carbonyl (C=O) groups is 5. The number of phenols is 1. The van der Waals surface area contributed by atoms with Gasteiger partial charge in [-0.25, -0.2) is 10.2 Å². The maximum atomic E-state index is 15.0. The van der Waals surface area contributed by atoms with Crippen molar-refractivity contribution in [1.82, 2.24) is 29.8 Å². The van der Waals surface area contributed by atoms with Gasteiger partial charge in [-0.2, -0.15) is 4.58 Å². The van der Waals surface area contributed by atoms with E-state index in [0.717, 1.165) is 43.4 Å². The lowest BCUT2D eigenvalue weighted by atomic mass is 9.66. The fraction of sp³-hybridized carbons (Fsp3) is 0.471. The molecule has 66 heavy (non-hydrogen) atoms. The number of phenolic OH excluding ortho intramolecular Hbond substituents is 1. The number of benzene rings is 2. The van der Waals surface area contributed by atoms with Crippen LogP contribution in [0.5, 0.6) is 5.75 Å². The SMILES string of the molecule is C=CC(=O)N1CC[C@H](C(=O)N(C)[C@H](C(=O)[N+](=C)[C@H]2Cc3cc(O)cc(c3)-c3ccc4c(c3)c3c(n4CC)-c4cnccc4[C@@H](OC)C3C(C)(C)COC(=O)[C@@H]3CCCN(N3)C2=O)C(C)C)C1. The number of nitrogens with zero attached hydrogens (tertiary/aromatic N) is 6. The average Bonchev–Trinajstić information content (AvgIpc) is 3.94. The lowest BCUT2D eigenvalue weighted by Gasteiger charge is -2.43. The first kappa shape index (κ1) is 46.3. The maximum Gasteiger partial charge on any atom is 0.409 e. The number of likely N-dealkylation sites (tertiary alicyclic amines) is 1. The van der Waals surface area contributed by atoms with E-state index in [-0.39, 0.29) is 55.5 Å². The Labute approximate surface area is 386 Å². The number of pyridine rings is 1. The number of hydrazine groups is 1. The Morgan fingerprint density at radius 1 is 1.11 bits per heavy atom. The van der Waals surface area contributed by atoms with Crippen molar-refractivity contribution in [1.29, 1.82) is 0 Å². The van der Waals surface area contributed by atoms with Crippen molar-refractivity contribution in [3.63, 3.8) is 0 Å². The number of fused-ring (bicyclic) bond motifs is 8. The number of amides is 4. The molecule has 4 amide bonds. The molecule has 2 saturated heterocycles. The van der Waals surface area contributed by atoms with Crippen LogP contribution in [-0.4, -0.2) is 129 Å². The number of aryl methyl sites for hydroxylation is 1. The number of aromatic hydroxyl groups is 1. The number of esters is 1. The molecule has 1 aliphatic carbocycles. The molecule has 5 heterocycles. The van der Waals surface area contributed by atoms with Gasteiger partial charge < -0.3 is 28.9 Å². The van der Waals surface area contributed by atoms with Gasteiger partial charge in [0, 0.05) is 87.0 Å². The lowest BCUT2D eigenvalue weighted by molar-refractivity contribution is -0.472. The monoisotopic (exact) mass is 900 g/mol. The molecule has 8 rings (SSSR count). The molecule has 4 aliphatic rings. The number of carbonyl (C=O) groups excluding carboxylic acids is 5. The second kappa shape index (κ2) is 18.2. The van der Waals surface area contributed by atoms with Crippen LogP contribution in [0.1, 0.15) is 82.6 Å². The third-order valence-corrected chi connectivity index (χ3v) is 14.2. The first-order valence-corrected chi connectivity index (χ1v) is 23.0. The maximum absolute atomic E-state index is 15.0. The molecule has 0 spiro atoms. The van der Waals surface area contributed by atoms with E-state index >= 15 is 0 Å². The summed E-state index contributed by atoms with van der Waals surface area (Å²) >= 11 is 0. The molecule has 6 bridgehead atoms. The summed E-state index contributed by atoms with van der Waals surface area (Å²) in [6.07, 6.45) is 5.78. The molecule has 6 atom stereocenters. The number of aromatic nitrogens is 2. The number of methoxy groups -OCH3 is 1. The molecule has 15 nitrogen and oxygen atoms in total. The molecule has 2 aromatic carbocycles. The molecule has 2 fully saturated rings. The Morgan fingerprint density at radius 2 is 1.88 bits per heavy atom. The van der Waals surface area contributed by atoms with Gasteiger partial charge in [-0.3, -0.25) is 29.2 Å². The minimum Gasteiger partial charge on any atom is -0.508 e. The molecule has 15 heteroatoms. The quantitative estimate of drug-likeness (QED) is 0.0981. The normalized spacial score (nSPS) is 23.2. The zero-order valence-electron chi connectivity index (χ0n) is 39.1. The first-order chi connectivity index (χ1) is 31.5. The third-order valence-electron chi connectivity index (χ3n) is 14.2. The van der Waals surface area contributed by atoms with Crippen LogP contribution in [0, 0.1) is 17.3 Å². The van der Waals surface area contributed by atoms with Gasteiger partial charge in [-0.05, 0) is 96.3 Å². The smallest absolute Gasteiger partial charge is 0.409 e. The van der Waals surface area contributed by atoms with Crippen molar-refractivity contribution in [2.24, 2.45) is 17.3 Å². The van der Waals surface area contributed by atoms with E-state index in [1.165, 1.54) is 16.0 Å². The molecule has 2 aromatic heterocycles. The van der Waals surface area contributed by atoms with Crippen LogP contribution in [0.25, 0.3) is 33.3 Å². The van der Waals surface area contributed by atoms with Crippen LogP contribution < -0.4 is 5.43 Å². The van der Waals surface area contributed by atoms with Gasteiger partial charge in [0.1, 0.15) is 18.5 Å². The molecule has 1 unspecified atom stereocenters. The fourth-order valence-electron chi connectivity index (χ4n) is 10.9. The molecule has 3 aliphatic heterocycles. The third kappa shape index (κ3) is 8.20. The number of hydrogen-bond acceptors (Lipinski definition) is 10. The Kier molecular flexibility index (Phi) is 12.8. The highest BCUT2D eigenvalue weighted by Crippen LogP contribution is 2.57. The van der Waals surface area contributed by atoms with Crippen LogP contribution in [0.3, 0.4) is 0 Å². The number of rotatable bonds is 8. The molecule has 0 saturated carbocycles. The molecule has 2 N–H and O–H groups in total. The second-order valence-corrected chi connectivity index (χ2v) is 19.3. The largest absolute Gasteiger partial charge is 0.508 e. The Morgan fingerprint density at radius 3 is 2.59 bits per heavy atom. The lowest BCUT2D eigenvalue weighted by Crippen LogP contribution is -2.61. The van der Waals surface area contributed by atoms with Crippen LogP contribution in [0.15, 0.2) is 67.5 Å². The van der Waals surface area contributed by atoms with Crippen LogP contribution >= 0.6 is 0 Å². The Balaban J connectivity index is 1.23. The highest BCUT2D eigenvalue weighted by molar-refractivity contribution is 5.97. The van der Waals surface area contributed by atoms with E-state index in [1.54, 1.807) is 37.4 Å². The van der Waals surface area contributed by atoms with Crippen molar-refractivity contribution in [2.45, 2.75) is 97.0 Å². The van der Waals surface area contributed by atoms with Crippen molar-refractivity contribution < 1.29 is 43.1 Å². The topological polar surface area (TPSA) is 167 Å². The van der Waals surface area contributed by atoms with Gasteiger partial charge in [0.15, 0.2) is 6.04 Å². The van der Waals surface area contributed by atoms with E-state index < -0.39 is 53.3 Å². The summed E-state index contributed by atoms with van der Waals surface area (Å²) in [5.74, 6) is -3.31. The Hall–Kier alpha value is -6.19. The molecule has 4 aromatic rings. The van der Waals surface area contributed by atoms with Crippen LogP contribution in [0.2, 0.25) is 0 Å². The minimum atomic E-state index is -1.22. The average molecular weight is 901 g/mol. The van der Waals surface area contributed by atoms with E-state index in [2.05, 4.69) is 61.2 Å². The van der Waals surface area contributed by atoms with Crippen molar-refractivity contribution in [3.8, 4) is 28.1 Å². The highest BCUT2D eigenvalue weighted by atomic mass is 16.5. The summed E-state index contributed by atoms with van der Waals surface area (Å²) in [6, 6.07) is 10.3. The van der Waals surface area contributed by atoms with Gasteiger partial charge in [-0.1, -0.05) is 46.4 Å². The van der Waals surface area contributed by atoms with Gasteiger partial charge in [0.05, 0.1) is 24.3 Å². The molecule has 0 radical (unpaired) electrons. The van der Waals surface area contributed by atoms with Gasteiger partial charge >= 0.3 is 17.8 Å². The van der Waals surface area contributed by atoms with E-state index in [0.29, 0.717) is 43.5 Å². The van der Waals surface area contributed by atoms with Crippen LogP contribution in [0.4, 0.5) is 0 Å². The number of ether oxygens (including phenoxy) is 2. The minimum absolute atomic E-state index is 0.0263. The highest BCUT2D eigenvalue weighted by Gasteiger charge is 2.49. The predicted molar refractivity (Wildman–Crippen MR) is 249 cm³/mol. The number of cyclic esters (lactones) is 1. The number of hydrogen-bond donors (Lipinski definition) is 2. The van der Waals surface area contributed by atoms with Gasteiger partial charge in [0.25, 0.3) is 0 Å². The predicted octanol–water partition coefficient (Wildman–Crippen LogP) is 5.63. The van der Waals surface area contributed by atoms with Crippen molar-refractivity contribution in [3.05, 3.63) is 84.2 Å². The summed E-state index contributed by atoms with van der Waals surface area (Å²) in [4.78, 5) is 77.8. The summed E-state index contributed by atoms with van der Waals surface area (Å²) in [6.45, 7) is 19.3. The number of nitrogens with one attached hydrogen (secondary N) is 1. The molecular formula is C51H62N7O8+. The summed E-state index contributed by atoms with van der Waals surface area (Å²) in [7, 11) is 3.28. The summed E-state index contributed by atoms with van der Waals surface area (Å²) in [5.41, 5.74) is 9.61. The van der Waals surface area contributed by atoms with Crippen molar-refractivity contribution in [2.75, 3.05) is 40.4 Å². The van der Waals surface area contributed by atoms with Gasteiger partial charge in [-0.15, -0.1) is 0 Å². The fourth-order valence-corrected chi connectivity index (χ4v) is 10.9. The van der Waals surface area contributed by atoms with Crippen LogP contribution in [-0.2, 0) is 46.4 Å². The summed E-state index contributed by atoms with van der Waals surface area (Å²) in [5, 5.41) is 13.7. The van der Waals surface area contributed by atoms with Crippen molar-refractivity contribution >= 4 is 47.2 Å². The van der Waals surface area contributed by atoms with Gasteiger partial charge in [0.2, 0.25) is 17.9 Å². The zero-order valence-corrected chi connectivity index (χ0v) is 39.1.